The minimum absolute atomic E-state index is 0.283. The molecule has 0 aromatic carbocycles. The highest BCUT2D eigenvalue weighted by atomic mass is 16.6. The molecule has 6 nitrogen and oxygen atoms in total. The molecule has 1 heterocycles. The third kappa shape index (κ3) is 1.56. The van der Waals surface area contributed by atoms with E-state index in [1.165, 1.54) is 0 Å². The van der Waals surface area contributed by atoms with E-state index in [2.05, 4.69) is 4.74 Å². The van der Waals surface area contributed by atoms with Gasteiger partial charge < -0.3 is 25.2 Å². The molecule has 1 aliphatic heterocycles. The Morgan fingerprint density at radius 1 is 1.33 bits per heavy atom. The quantitative estimate of drug-likeness (QED) is 0.361. The molecule has 0 aromatic rings. The molecule has 0 amide bonds. The maximum atomic E-state index is 10.4. The summed E-state index contributed by atoms with van der Waals surface area (Å²) in [6.45, 7) is -0.283. The van der Waals surface area contributed by atoms with Gasteiger partial charge >= 0.3 is 5.97 Å². The summed E-state index contributed by atoms with van der Waals surface area (Å²) in [6, 6.07) is 0. The van der Waals surface area contributed by atoms with Gasteiger partial charge in [0.1, 0.15) is 12.0 Å². The molecule has 1 rings (SSSR count). The summed E-state index contributed by atoms with van der Waals surface area (Å²) in [4.78, 5) is 10.4. The second kappa shape index (κ2) is 3.36. The Morgan fingerprint density at radius 3 is 2.33 bits per heavy atom. The smallest absolute Gasteiger partial charge is 0.312 e. The first-order valence-corrected chi connectivity index (χ1v) is 3.42. The maximum absolute atomic E-state index is 10.4. The van der Waals surface area contributed by atoms with Gasteiger partial charge in [-0.05, 0) is 0 Å². The lowest BCUT2D eigenvalue weighted by Gasteiger charge is -2.32. The van der Waals surface area contributed by atoms with E-state index in [9.17, 15) is 4.79 Å². The molecule has 0 spiro atoms. The van der Waals surface area contributed by atoms with E-state index in [1.807, 2.05) is 0 Å². The van der Waals surface area contributed by atoms with Crippen LogP contribution in [-0.4, -0.2) is 51.5 Å². The van der Waals surface area contributed by atoms with Crippen molar-refractivity contribution in [2.45, 2.75) is 18.5 Å². The van der Waals surface area contributed by atoms with Crippen molar-refractivity contribution in [1.29, 1.82) is 0 Å². The summed E-state index contributed by atoms with van der Waals surface area (Å²) in [5.74, 6) is -2.73. The van der Waals surface area contributed by atoms with Gasteiger partial charge in [-0.1, -0.05) is 0 Å². The van der Waals surface area contributed by atoms with Crippen LogP contribution in [-0.2, 0) is 9.53 Å². The first kappa shape index (κ1) is 9.40. The molecule has 0 aromatic heterocycles. The lowest BCUT2D eigenvalue weighted by Crippen LogP contribution is -2.52. The molecule has 0 saturated carbocycles. The number of rotatable bonds is 1. The highest BCUT2D eigenvalue weighted by Gasteiger charge is 2.42. The number of aliphatic carboxylic acids is 1. The number of carboxylic acid groups (broad SMARTS) is 1. The van der Waals surface area contributed by atoms with Crippen molar-refractivity contribution < 1.29 is 30.0 Å². The van der Waals surface area contributed by atoms with Crippen LogP contribution >= 0.6 is 0 Å². The van der Waals surface area contributed by atoms with Crippen LogP contribution in [0.4, 0.5) is 0 Å². The van der Waals surface area contributed by atoms with Crippen molar-refractivity contribution in [3.63, 3.8) is 0 Å². The highest BCUT2D eigenvalue weighted by Crippen LogP contribution is 2.20. The molecule has 4 unspecified atom stereocenters. The second-order valence-electron chi connectivity index (χ2n) is 2.65. The SMILES string of the molecule is O=C(O)C1C(O)COC(O)C1O. The number of ether oxygens (including phenoxy) is 1. The first-order chi connectivity index (χ1) is 5.54. The Morgan fingerprint density at radius 2 is 1.92 bits per heavy atom. The van der Waals surface area contributed by atoms with Crippen LogP contribution in [0.5, 0.6) is 0 Å². The van der Waals surface area contributed by atoms with Crippen LogP contribution in [0.25, 0.3) is 0 Å². The lowest BCUT2D eigenvalue weighted by atomic mass is 9.94. The summed E-state index contributed by atoms with van der Waals surface area (Å²) in [5.41, 5.74) is 0. The van der Waals surface area contributed by atoms with Gasteiger partial charge in [-0.3, -0.25) is 4.79 Å². The third-order valence-electron chi connectivity index (χ3n) is 1.80. The number of carbonyl (C=O) groups is 1. The number of hydrogen-bond donors (Lipinski definition) is 4. The monoisotopic (exact) mass is 178 g/mol. The van der Waals surface area contributed by atoms with Gasteiger partial charge in [0, 0.05) is 0 Å². The average molecular weight is 178 g/mol. The van der Waals surface area contributed by atoms with Gasteiger partial charge in [-0.15, -0.1) is 0 Å². The minimum atomic E-state index is -1.58. The Kier molecular flexibility index (Phi) is 2.63. The fraction of sp³-hybridized carbons (Fsp3) is 0.833. The topological polar surface area (TPSA) is 107 Å². The summed E-state index contributed by atoms with van der Waals surface area (Å²) < 4.78 is 4.47. The zero-order chi connectivity index (χ0) is 9.30. The van der Waals surface area contributed by atoms with Crippen LogP contribution in [0.15, 0.2) is 0 Å². The number of carboxylic acids is 1. The fourth-order valence-electron chi connectivity index (χ4n) is 1.12. The van der Waals surface area contributed by atoms with Crippen molar-refractivity contribution in [3.8, 4) is 0 Å². The van der Waals surface area contributed by atoms with Crippen LogP contribution < -0.4 is 0 Å². The van der Waals surface area contributed by atoms with Gasteiger partial charge in [-0.25, -0.2) is 0 Å². The van der Waals surface area contributed by atoms with E-state index >= 15 is 0 Å². The summed E-state index contributed by atoms with van der Waals surface area (Å²) >= 11 is 0. The Bertz CT molecular complexity index is 181. The molecule has 0 aliphatic carbocycles. The Labute approximate surface area is 68.0 Å². The number of aliphatic hydroxyl groups is 3. The van der Waals surface area contributed by atoms with Crippen LogP contribution in [0, 0.1) is 5.92 Å². The van der Waals surface area contributed by atoms with Crippen LogP contribution in [0.3, 0.4) is 0 Å². The van der Waals surface area contributed by atoms with Crippen molar-refractivity contribution in [2.24, 2.45) is 5.92 Å². The molecule has 6 heteroatoms. The molecule has 4 N–H and O–H groups in total. The van der Waals surface area contributed by atoms with E-state index < -0.39 is 30.4 Å². The minimum Gasteiger partial charge on any atom is -0.481 e. The largest absolute Gasteiger partial charge is 0.481 e. The van der Waals surface area contributed by atoms with Gasteiger partial charge in [-0.2, -0.15) is 0 Å². The van der Waals surface area contributed by atoms with Gasteiger partial charge in [0.25, 0.3) is 0 Å². The standard InChI is InChI=1S/C6H10O6/c7-2-1-12-6(11)4(8)3(2)5(9)10/h2-4,6-8,11H,1H2,(H,9,10). The second-order valence-corrected chi connectivity index (χ2v) is 2.65. The van der Waals surface area contributed by atoms with E-state index in [-0.39, 0.29) is 6.61 Å². The molecule has 0 radical (unpaired) electrons. The summed E-state index contributed by atoms with van der Waals surface area (Å²) in [6.07, 6.45) is -4.39. The molecule has 1 fully saturated rings. The highest BCUT2D eigenvalue weighted by molar-refractivity contribution is 5.71. The third-order valence-corrected chi connectivity index (χ3v) is 1.80. The lowest BCUT2D eigenvalue weighted by molar-refractivity contribution is -0.238. The van der Waals surface area contributed by atoms with Crippen molar-refractivity contribution in [3.05, 3.63) is 0 Å². The van der Waals surface area contributed by atoms with E-state index in [4.69, 9.17) is 20.4 Å². The van der Waals surface area contributed by atoms with E-state index in [0.29, 0.717) is 0 Å². The molecular formula is C6H10O6. The number of hydrogen-bond acceptors (Lipinski definition) is 5. The zero-order valence-corrected chi connectivity index (χ0v) is 6.12. The van der Waals surface area contributed by atoms with Crippen LogP contribution in [0.2, 0.25) is 0 Å². The molecule has 4 atom stereocenters. The van der Waals surface area contributed by atoms with Crippen molar-refractivity contribution in [2.75, 3.05) is 6.61 Å². The summed E-state index contributed by atoms with van der Waals surface area (Å²) in [7, 11) is 0. The zero-order valence-electron chi connectivity index (χ0n) is 6.12. The van der Waals surface area contributed by atoms with E-state index in [0.717, 1.165) is 0 Å². The number of aliphatic hydroxyl groups excluding tert-OH is 3. The molecule has 1 aliphatic rings. The van der Waals surface area contributed by atoms with Gasteiger partial charge in [0.2, 0.25) is 0 Å². The van der Waals surface area contributed by atoms with Crippen molar-refractivity contribution >= 4 is 5.97 Å². The molecule has 0 bridgehead atoms. The van der Waals surface area contributed by atoms with Crippen LogP contribution in [0.1, 0.15) is 0 Å². The fourth-order valence-corrected chi connectivity index (χ4v) is 1.12. The predicted octanol–water partition coefficient (Wildman–Crippen LogP) is -2.24. The first-order valence-electron chi connectivity index (χ1n) is 3.42. The predicted molar refractivity (Wildman–Crippen MR) is 35.1 cm³/mol. The molecule has 12 heavy (non-hydrogen) atoms. The van der Waals surface area contributed by atoms with Gasteiger partial charge in [0.15, 0.2) is 6.29 Å². The van der Waals surface area contributed by atoms with Crippen molar-refractivity contribution in [1.82, 2.24) is 0 Å². The Balaban J connectivity index is 2.71. The normalized spacial score (nSPS) is 42.6. The van der Waals surface area contributed by atoms with Gasteiger partial charge in [0.05, 0.1) is 12.7 Å². The Hall–Kier alpha value is -0.690. The molecular weight excluding hydrogens is 168 g/mol. The molecule has 70 valence electrons. The molecule has 1 saturated heterocycles. The average Bonchev–Trinajstić information content (AvgIpc) is 1.97. The van der Waals surface area contributed by atoms with E-state index in [1.54, 1.807) is 0 Å². The maximum Gasteiger partial charge on any atom is 0.312 e. The summed E-state index contributed by atoms with van der Waals surface area (Å²) in [5, 5.41) is 35.5.